The van der Waals surface area contributed by atoms with E-state index in [-0.39, 0.29) is 5.69 Å². The molecule has 2 rings (SSSR count). The molecule has 18 heavy (non-hydrogen) atoms. The van der Waals surface area contributed by atoms with Crippen LogP contribution in [-0.4, -0.2) is 14.9 Å². The van der Waals surface area contributed by atoms with Crippen LogP contribution in [0.1, 0.15) is 30.0 Å². The number of aliphatic hydroxyl groups excluding tert-OH is 1. The van der Waals surface area contributed by atoms with E-state index in [4.69, 9.17) is 11.6 Å². The molecule has 0 aliphatic carbocycles. The fourth-order valence-electron chi connectivity index (χ4n) is 1.93. The van der Waals surface area contributed by atoms with Gasteiger partial charge in [-0.25, -0.2) is 9.07 Å². The molecule has 1 aromatic heterocycles. The van der Waals surface area contributed by atoms with Crippen LogP contribution in [0.25, 0.3) is 5.69 Å². The average molecular weight is 269 g/mol. The summed E-state index contributed by atoms with van der Waals surface area (Å²) in [5, 5.41) is 14.4. The van der Waals surface area contributed by atoms with Crippen molar-refractivity contribution in [1.29, 1.82) is 0 Å². The first-order valence-electron chi connectivity index (χ1n) is 5.62. The van der Waals surface area contributed by atoms with Crippen molar-refractivity contribution in [1.82, 2.24) is 9.78 Å². The Bertz CT molecular complexity index is 593. The van der Waals surface area contributed by atoms with Crippen LogP contribution >= 0.6 is 11.6 Å². The van der Waals surface area contributed by atoms with Gasteiger partial charge in [-0.3, -0.25) is 0 Å². The second-order valence-electron chi connectivity index (χ2n) is 4.25. The number of nitrogens with zero attached hydrogens (tertiary/aromatic N) is 2. The summed E-state index contributed by atoms with van der Waals surface area (Å²) in [6, 6.07) is 4.58. The summed E-state index contributed by atoms with van der Waals surface area (Å²) in [7, 11) is 0. The van der Waals surface area contributed by atoms with E-state index in [1.54, 1.807) is 32.9 Å². The van der Waals surface area contributed by atoms with Gasteiger partial charge < -0.3 is 5.11 Å². The standard InChI is InChI=1S/C13H14ClFN2O/c1-7-12(14)8(2)17(16-7)13-10(9(3)18)5-4-6-11(13)15/h4-6,9,18H,1-3H3/t9-/m1/s1. The number of hydrogen-bond donors (Lipinski definition) is 1. The zero-order chi connectivity index (χ0) is 13.4. The molecule has 0 saturated carbocycles. The Balaban J connectivity index is 2.74. The summed E-state index contributed by atoms with van der Waals surface area (Å²) >= 11 is 6.06. The quantitative estimate of drug-likeness (QED) is 0.907. The van der Waals surface area contributed by atoms with Gasteiger partial charge in [-0.05, 0) is 26.8 Å². The molecule has 5 heteroatoms. The van der Waals surface area contributed by atoms with E-state index in [2.05, 4.69) is 5.10 Å². The molecule has 0 fully saturated rings. The van der Waals surface area contributed by atoms with E-state index in [0.717, 1.165) is 0 Å². The number of halogens is 2. The maximum atomic E-state index is 14.0. The lowest BCUT2D eigenvalue weighted by atomic mass is 10.1. The first kappa shape index (κ1) is 13.1. The Morgan fingerprint density at radius 2 is 2.06 bits per heavy atom. The third kappa shape index (κ3) is 2.02. The van der Waals surface area contributed by atoms with Crippen molar-refractivity contribution in [2.24, 2.45) is 0 Å². The first-order valence-corrected chi connectivity index (χ1v) is 5.99. The van der Waals surface area contributed by atoms with Crippen LogP contribution in [0.15, 0.2) is 18.2 Å². The second kappa shape index (κ2) is 4.71. The van der Waals surface area contributed by atoms with E-state index < -0.39 is 11.9 Å². The van der Waals surface area contributed by atoms with Gasteiger partial charge in [0.25, 0.3) is 0 Å². The predicted molar refractivity (Wildman–Crippen MR) is 68.6 cm³/mol. The zero-order valence-corrected chi connectivity index (χ0v) is 11.2. The highest BCUT2D eigenvalue weighted by atomic mass is 35.5. The molecule has 0 aliphatic rings. The zero-order valence-electron chi connectivity index (χ0n) is 10.4. The van der Waals surface area contributed by atoms with Crippen LogP contribution in [0.2, 0.25) is 5.02 Å². The van der Waals surface area contributed by atoms with Gasteiger partial charge in [0.2, 0.25) is 0 Å². The number of hydrogen-bond acceptors (Lipinski definition) is 2. The maximum absolute atomic E-state index is 14.0. The molecule has 2 aromatic rings. The van der Waals surface area contributed by atoms with Crippen LogP contribution in [0.4, 0.5) is 4.39 Å². The van der Waals surface area contributed by atoms with Gasteiger partial charge in [-0.2, -0.15) is 5.10 Å². The minimum atomic E-state index is -0.779. The lowest BCUT2D eigenvalue weighted by molar-refractivity contribution is 0.198. The van der Waals surface area contributed by atoms with Gasteiger partial charge in [-0.1, -0.05) is 23.7 Å². The van der Waals surface area contributed by atoms with Crippen LogP contribution < -0.4 is 0 Å². The Morgan fingerprint density at radius 3 is 2.56 bits per heavy atom. The van der Waals surface area contributed by atoms with E-state index in [1.807, 2.05) is 0 Å². The number of benzene rings is 1. The van der Waals surface area contributed by atoms with E-state index >= 15 is 0 Å². The molecular formula is C13H14ClFN2O. The molecule has 1 aromatic carbocycles. The Labute approximate surface area is 110 Å². The molecule has 0 saturated heterocycles. The third-order valence-corrected chi connectivity index (χ3v) is 3.43. The van der Waals surface area contributed by atoms with Crippen LogP contribution in [0, 0.1) is 19.7 Å². The summed E-state index contributed by atoms with van der Waals surface area (Å²) in [6.07, 6.45) is -0.779. The van der Waals surface area contributed by atoms with Crippen LogP contribution in [0.5, 0.6) is 0 Å². The first-order chi connectivity index (χ1) is 8.43. The number of aromatic nitrogens is 2. The summed E-state index contributed by atoms with van der Waals surface area (Å²) in [5.74, 6) is -0.435. The van der Waals surface area contributed by atoms with Crippen LogP contribution in [0.3, 0.4) is 0 Å². The molecule has 0 bridgehead atoms. The van der Waals surface area contributed by atoms with Gasteiger partial charge in [0.05, 0.1) is 22.5 Å². The van der Waals surface area contributed by atoms with Crippen molar-refractivity contribution in [3.05, 3.63) is 46.0 Å². The van der Waals surface area contributed by atoms with E-state index in [1.165, 1.54) is 10.7 Å². The highest BCUT2D eigenvalue weighted by Crippen LogP contribution is 2.28. The molecular weight excluding hydrogens is 255 g/mol. The molecule has 0 amide bonds. The highest BCUT2D eigenvalue weighted by molar-refractivity contribution is 6.31. The van der Waals surface area contributed by atoms with Crippen molar-refractivity contribution >= 4 is 11.6 Å². The van der Waals surface area contributed by atoms with Crippen molar-refractivity contribution in [3.8, 4) is 5.69 Å². The Kier molecular flexibility index (Phi) is 3.41. The Morgan fingerprint density at radius 1 is 1.39 bits per heavy atom. The monoisotopic (exact) mass is 268 g/mol. The maximum Gasteiger partial charge on any atom is 0.149 e. The molecule has 1 N–H and O–H groups in total. The summed E-state index contributed by atoms with van der Waals surface area (Å²) < 4.78 is 15.4. The van der Waals surface area contributed by atoms with Gasteiger partial charge >= 0.3 is 0 Å². The number of aryl methyl sites for hydroxylation is 1. The normalized spacial score (nSPS) is 12.8. The smallest absolute Gasteiger partial charge is 0.149 e. The van der Waals surface area contributed by atoms with Gasteiger partial charge in [-0.15, -0.1) is 0 Å². The molecule has 0 radical (unpaired) electrons. The van der Waals surface area contributed by atoms with Crippen LogP contribution in [-0.2, 0) is 0 Å². The highest BCUT2D eigenvalue weighted by Gasteiger charge is 2.19. The van der Waals surface area contributed by atoms with Crippen molar-refractivity contribution in [2.45, 2.75) is 26.9 Å². The van der Waals surface area contributed by atoms with Gasteiger partial charge in [0.15, 0.2) is 0 Å². The molecule has 3 nitrogen and oxygen atoms in total. The minimum Gasteiger partial charge on any atom is -0.389 e. The topological polar surface area (TPSA) is 38.0 Å². The number of aliphatic hydroxyl groups is 1. The van der Waals surface area contributed by atoms with Crippen molar-refractivity contribution in [2.75, 3.05) is 0 Å². The van der Waals surface area contributed by atoms with E-state index in [9.17, 15) is 9.50 Å². The molecule has 0 unspecified atom stereocenters. The summed E-state index contributed by atoms with van der Waals surface area (Å²) in [5.41, 5.74) is 2.02. The lowest BCUT2D eigenvalue weighted by Gasteiger charge is -2.14. The van der Waals surface area contributed by atoms with Gasteiger partial charge in [0, 0.05) is 5.56 Å². The molecule has 1 heterocycles. The molecule has 0 spiro atoms. The molecule has 1 atom stereocenters. The Hall–Kier alpha value is -1.39. The predicted octanol–water partition coefficient (Wildman–Crippen LogP) is 3.33. The second-order valence-corrected chi connectivity index (χ2v) is 4.63. The number of para-hydroxylation sites is 1. The lowest BCUT2D eigenvalue weighted by Crippen LogP contribution is -2.08. The average Bonchev–Trinajstić information content (AvgIpc) is 2.56. The SMILES string of the molecule is Cc1nn(-c2c(F)cccc2[C@@H](C)O)c(C)c1Cl. The molecule has 96 valence electrons. The van der Waals surface area contributed by atoms with E-state index in [0.29, 0.717) is 22.0 Å². The van der Waals surface area contributed by atoms with Crippen molar-refractivity contribution < 1.29 is 9.50 Å². The molecule has 0 aliphatic heterocycles. The minimum absolute atomic E-state index is 0.250. The third-order valence-electron chi connectivity index (χ3n) is 2.88. The summed E-state index contributed by atoms with van der Waals surface area (Å²) in [6.45, 7) is 5.11. The van der Waals surface area contributed by atoms with Crippen molar-refractivity contribution in [3.63, 3.8) is 0 Å². The fourth-order valence-corrected chi connectivity index (χ4v) is 2.05. The summed E-state index contributed by atoms with van der Waals surface area (Å²) in [4.78, 5) is 0. The largest absolute Gasteiger partial charge is 0.389 e. The number of rotatable bonds is 2. The fraction of sp³-hybridized carbons (Fsp3) is 0.308. The van der Waals surface area contributed by atoms with Gasteiger partial charge in [0.1, 0.15) is 11.5 Å².